The van der Waals surface area contributed by atoms with E-state index in [1.165, 1.54) is 0 Å². The van der Waals surface area contributed by atoms with Gasteiger partial charge in [0.2, 0.25) is 0 Å². The van der Waals surface area contributed by atoms with Gasteiger partial charge in [-0.1, -0.05) is 45.2 Å². The molecule has 0 atom stereocenters. The quantitative estimate of drug-likeness (QED) is 0.520. The molecule has 0 heterocycles. The molecule has 0 N–H and O–H groups in total. The molecule has 0 bridgehead atoms. The van der Waals surface area contributed by atoms with Crippen LogP contribution in [0.1, 0.15) is 20.3 Å². The van der Waals surface area contributed by atoms with Crippen molar-refractivity contribution in [3.05, 3.63) is 37.0 Å². The Morgan fingerprint density at radius 1 is 1.50 bits per heavy atom. The Balaban J connectivity index is 3.55. The Morgan fingerprint density at radius 2 is 2.10 bits per heavy atom. The SMILES string of the molecule is C=CC(=C)C=CCC(C)C. The molecule has 0 nitrogen and oxygen atoms in total. The first-order valence-electron chi connectivity index (χ1n) is 3.64. The van der Waals surface area contributed by atoms with Gasteiger partial charge in [-0.25, -0.2) is 0 Å². The van der Waals surface area contributed by atoms with Crippen molar-refractivity contribution in [3.63, 3.8) is 0 Å². The number of allylic oxidation sites excluding steroid dienone is 4. The Bertz CT molecular complexity index is 138. The fourth-order valence-corrected chi connectivity index (χ4v) is 0.560. The van der Waals surface area contributed by atoms with E-state index in [1.54, 1.807) is 6.08 Å². The lowest BCUT2D eigenvalue weighted by Crippen LogP contribution is -1.81. The summed E-state index contributed by atoms with van der Waals surface area (Å²) in [6.45, 7) is 11.8. The van der Waals surface area contributed by atoms with Crippen molar-refractivity contribution in [1.29, 1.82) is 0 Å². The monoisotopic (exact) mass is 136 g/mol. The molecule has 0 aliphatic carbocycles. The van der Waals surface area contributed by atoms with Crippen LogP contribution >= 0.6 is 0 Å². The highest BCUT2D eigenvalue weighted by molar-refractivity contribution is 5.25. The summed E-state index contributed by atoms with van der Waals surface area (Å²) in [7, 11) is 0. The number of hydrogen-bond donors (Lipinski definition) is 0. The third kappa shape index (κ3) is 5.36. The van der Waals surface area contributed by atoms with Gasteiger partial charge in [0.15, 0.2) is 0 Å². The van der Waals surface area contributed by atoms with Crippen molar-refractivity contribution in [2.75, 3.05) is 0 Å². The van der Waals surface area contributed by atoms with Crippen molar-refractivity contribution in [3.8, 4) is 0 Å². The third-order valence-corrected chi connectivity index (χ3v) is 1.20. The fourth-order valence-electron chi connectivity index (χ4n) is 0.560. The summed E-state index contributed by atoms with van der Waals surface area (Å²) < 4.78 is 0. The van der Waals surface area contributed by atoms with Gasteiger partial charge in [-0.15, -0.1) is 0 Å². The average molecular weight is 136 g/mol. The highest BCUT2D eigenvalue weighted by Crippen LogP contribution is 2.02. The standard InChI is InChI=1S/C10H16/c1-5-10(4)8-6-7-9(2)3/h5-6,8-9H,1,4,7H2,2-3H3. The van der Waals surface area contributed by atoms with Crippen LogP contribution in [-0.2, 0) is 0 Å². The molecule has 0 rings (SSSR count). The van der Waals surface area contributed by atoms with Gasteiger partial charge in [-0.3, -0.25) is 0 Å². The van der Waals surface area contributed by atoms with Crippen LogP contribution in [0.4, 0.5) is 0 Å². The number of hydrogen-bond acceptors (Lipinski definition) is 0. The maximum absolute atomic E-state index is 3.77. The highest BCUT2D eigenvalue weighted by atomic mass is 13.9. The van der Waals surface area contributed by atoms with Crippen LogP contribution in [0.25, 0.3) is 0 Å². The smallest absolute Gasteiger partial charge is 0.0324 e. The largest absolute Gasteiger partial charge is 0.0985 e. The van der Waals surface area contributed by atoms with Gasteiger partial charge in [0, 0.05) is 0 Å². The molecule has 0 unspecified atom stereocenters. The predicted octanol–water partition coefficient (Wildman–Crippen LogP) is 3.33. The zero-order valence-corrected chi connectivity index (χ0v) is 6.93. The van der Waals surface area contributed by atoms with E-state index in [1.807, 2.05) is 6.08 Å². The van der Waals surface area contributed by atoms with Gasteiger partial charge < -0.3 is 0 Å². The Labute approximate surface area is 64.0 Å². The summed E-state index contributed by atoms with van der Waals surface area (Å²) in [5.41, 5.74) is 0.987. The summed E-state index contributed by atoms with van der Waals surface area (Å²) in [6, 6.07) is 0. The first-order valence-corrected chi connectivity index (χ1v) is 3.64. The van der Waals surface area contributed by atoms with E-state index in [0.717, 1.165) is 17.9 Å². The normalized spacial score (nSPS) is 10.7. The van der Waals surface area contributed by atoms with Crippen LogP contribution in [-0.4, -0.2) is 0 Å². The minimum Gasteiger partial charge on any atom is -0.0985 e. The van der Waals surface area contributed by atoms with E-state index in [2.05, 4.69) is 33.1 Å². The van der Waals surface area contributed by atoms with Crippen LogP contribution in [0.2, 0.25) is 0 Å². The lowest BCUT2D eigenvalue weighted by atomic mass is 10.1. The lowest BCUT2D eigenvalue weighted by Gasteiger charge is -1.95. The number of rotatable bonds is 4. The summed E-state index contributed by atoms with van der Waals surface area (Å²) >= 11 is 0. The van der Waals surface area contributed by atoms with Gasteiger partial charge >= 0.3 is 0 Å². The van der Waals surface area contributed by atoms with Crippen molar-refractivity contribution < 1.29 is 0 Å². The second kappa shape index (κ2) is 5.04. The molecule has 0 amide bonds. The molecule has 0 aliphatic heterocycles. The Kier molecular flexibility index (Phi) is 4.65. The molecule has 0 aliphatic rings. The summed E-state index contributed by atoms with van der Waals surface area (Å²) in [5, 5.41) is 0. The fraction of sp³-hybridized carbons (Fsp3) is 0.400. The van der Waals surface area contributed by atoms with Crippen LogP contribution in [0.3, 0.4) is 0 Å². The summed E-state index contributed by atoms with van der Waals surface area (Å²) in [4.78, 5) is 0. The molecule has 0 spiro atoms. The maximum atomic E-state index is 3.77. The van der Waals surface area contributed by atoms with Gasteiger partial charge in [-0.2, -0.15) is 0 Å². The zero-order chi connectivity index (χ0) is 7.98. The highest BCUT2D eigenvalue weighted by Gasteiger charge is 1.86. The second-order valence-electron chi connectivity index (χ2n) is 2.81. The first kappa shape index (κ1) is 9.22. The lowest BCUT2D eigenvalue weighted by molar-refractivity contribution is 0.663. The first-order chi connectivity index (χ1) is 4.66. The van der Waals surface area contributed by atoms with Crippen molar-refractivity contribution in [1.82, 2.24) is 0 Å². The molecule has 56 valence electrons. The molecular weight excluding hydrogens is 120 g/mol. The van der Waals surface area contributed by atoms with E-state index in [9.17, 15) is 0 Å². The minimum absolute atomic E-state index is 0.730. The second-order valence-corrected chi connectivity index (χ2v) is 2.81. The van der Waals surface area contributed by atoms with Crippen LogP contribution in [0, 0.1) is 5.92 Å². The summed E-state index contributed by atoms with van der Waals surface area (Å²) in [5.74, 6) is 0.730. The molecule has 0 saturated carbocycles. The van der Waals surface area contributed by atoms with E-state index in [4.69, 9.17) is 0 Å². The van der Waals surface area contributed by atoms with Crippen LogP contribution < -0.4 is 0 Å². The van der Waals surface area contributed by atoms with Crippen LogP contribution in [0.15, 0.2) is 37.0 Å². The molecule has 10 heavy (non-hydrogen) atoms. The van der Waals surface area contributed by atoms with Crippen LogP contribution in [0.5, 0.6) is 0 Å². The third-order valence-electron chi connectivity index (χ3n) is 1.20. The Hall–Kier alpha value is -0.780. The maximum Gasteiger partial charge on any atom is -0.0324 e. The van der Waals surface area contributed by atoms with E-state index >= 15 is 0 Å². The van der Waals surface area contributed by atoms with Crippen molar-refractivity contribution >= 4 is 0 Å². The molecule has 0 aromatic carbocycles. The molecular formula is C10H16. The minimum atomic E-state index is 0.730. The molecule has 0 heteroatoms. The molecule has 0 radical (unpaired) electrons. The summed E-state index contributed by atoms with van der Waals surface area (Å²) in [6.07, 6.45) is 7.02. The van der Waals surface area contributed by atoms with Gasteiger partial charge in [-0.05, 0) is 17.9 Å². The van der Waals surface area contributed by atoms with E-state index in [0.29, 0.717) is 0 Å². The zero-order valence-electron chi connectivity index (χ0n) is 6.93. The topological polar surface area (TPSA) is 0 Å². The van der Waals surface area contributed by atoms with Gasteiger partial charge in [0.25, 0.3) is 0 Å². The predicted molar refractivity (Wildman–Crippen MR) is 47.9 cm³/mol. The average Bonchev–Trinajstić information content (AvgIpc) is 1.87. The van der Waals surface area contributed by atoms with E-state index in [-0.39, 0.29) is 0 Å². The van der Waals surface area contributed by atoms with Crippen molar-refractivity contribution in [2.24, 2.45) is 5.92 Å². The molecule has 0 aromatic heterocycles. The molecule has 0 saturated heterocycles. The molecule has 0 fully saturated rings. The molecule has 0 aromatic rings. The Morgan fingerprint density at radius 3 is 2.50 bits per heavy atom. The van der Waals surface area contributed by atoms with Crippen molar-refractivity contribution in [2.45, 2.75) is 20.3 Å². The van der Waals surface area contributed by atoms with Gasteiger partial charge in [0.05, 0.1) is 0 Å². The van der Waals surface area contributed by atoms with E-state index < -0.39 is 0 Å². The van der Waals surface area contributed by atoms with Gasteiger partial charge in [0.1, 0.15) is 0 Å².